The Morgan fingerprint density at radius 2 is 1.70 bits per heavy atom. The predicted molar refractivity (Wildman–Crippen MR) is 115 cm³/mol. The molecule has 0 radical (unpaired) electrons. The van der Waals surface area contributed by atoms with E-state index in [1.165, 1.54) is 34.2 Å². The van der Waals surface area contributed by atoms with Gasteiger partial charge in [0.15, 0.2) is 5.76 Å². The van der Waals surface area contributed by atoms with Crippen LogP contribution in [0.2, 0.25) is 0 Å². The standard InChI is InChI=1S/C25H35NO/c1-16(2)11-18-12-22-23(25(7,8)15-24(22,5)6)14-21(18)20(17(3)4)13-19-9-10-26-27-19/h9-10,12-14,16-17H,11,15H2,1-8H3. The van der Waals surface area contributed by atoms with Gasteiger partial charge in [0.1, 0.15) is 0 Å². The zero-order chi connectivity index (χ0) is 20.0. The number of aromatic nitrogens is 1. The molecule has 2 nitrogen and oxygen atoms in total. The molecule has 1 heterocycles. The fraction of sp³-hybridized carbons (Fsp3) is 0.560. The van der Waals surface area contributed by atoms with Gasteiger partial charge in [0.25, 0.3) is 0 Å². The Morgan fingerprint density at radius 1 is 1.07 bits per heavy atom. The summed E-state index contributed by atoms with van der Waals surface area (Å²) in [7, 11) is 0. The third kappa shape index (κ3) is 3.90. The molecule has 1 aromatic heterocycles. The second kappa shape index (κ2) is 6.96. The van der Waals surface area contributed by atoms with Crippen LogP contribution in [0.1, 0.15) is 89.8 Å². The van der Waals surface area contributed by atoms with Crippen molar-refractivity contribution in [1.82, 2.24) is 5.16 Å². The van der Waals surface area contributed by atoms with Crippen LogP contribution in [0, 0.1) is 11.8 Å². The van der Waals surface area contributed by atoms with Crippen molar-refractivity contribution in [3.63, 3.8) is 0 Å². The first-order chi connectivity index (χ1) is 12.5. The van der Waals surface area contributed by atoms with Crippen LogP contribution in [-0.2, 0) is 17.3 Å². The lowest BCUT2D eigenvalue weighted by molar-refractivity contribution is 0.403. The third-order valence-electron chi connectivity index (χ3n) is 5.90. The molecule has 3 rings (SSSR count). The Bertz CT molecular complexity index is 835. The number of allylic oxidation sites excluding steroid dienone is 1. The molecular formula is C25H35NO. The van der Waals surface area contributed by atoms with Crippen molar-refractivity contribution in [3.05, 3.63) is 52.4 Å². The zero-order valence-corrected chi connectivity index (χ0v) is 18.3. The van der Waals surface area contributed by atoms with Crippen LogP contribution >= 0.6 is 0 Å². The molecule has 1 aromatic carbocycles. The molecule has 27 heavy (non-hydrogen) atoms. The number of fused-ring (bicyclic) bond motifs is 1. The molecule has 0 spiro atoms. The van der Waals surface area contributed by atoms with Gasteiger partial charge in [-0.05, 0) is 69.4 Å². The molecule has 0 fully saturated rings. The largest absolute Gasteiger partial charge is 0.357 e. The first kappa shape index (κ1) is 19.9. The maximum atomic E-state index is 5.40. The summed E-state index contributed by atoms with van der Waals surface area (Å²) in [6.45, 7) is 18.7. The number of rotatable bonds is 5. The number of hydrogen-bond acceptors (Lipinski definition) is 2. The quantitative estimate of drug-likeness (QED) is 0.568. The molecule has 0 aliphatic heterocycles. The third-order valence-corrected chi connectivity index (χ3v) is 5.90. The molecule has 0 atom stereocenters. The van der Waals surface area contributed by atoms with Crippen molar-refractivity contribution in [2.45, 2.75) is 79.1 Å². The first-order valence-corrected chi connectivity index (χ1v) is 10.3. The van der Waals surface area contributed by atoms with E-state index in [2.05, 4.69) is 78.8 Å². The highest BCUT2D eigenvalue weighted by Gasteiger charge is 2.42. The van der Waals surface area contributed by atoms with Crippen LogP contribution in [0.4, 0.5) is 0 Å². The maximum absolute atomic E-state index is 5.40. The van der Waals surface area contributed by atoms with Gasteiger partial charge in [-0.15, -0.1) is 0 Å². The molecule has 0 amide bonds. The van der Waals surface area contributed by atoms with Crippen LogP contribution in [0.5, 0.6) is 0 Å². The van der Waals surface area contributed by atoms with Gasteiger partial charge < -0.3 is 4.52 Å². The Hall–Kier alpha value is -1.83. The highest BCUT2D eigenvalue weighted by atomic mass is 16.5. The Morgan fingerprint density at radius 3 is 2.22 bits per heavy atom. The summed E-state index contributed by atoms with van der Waals surface area (Å²) < 4.78 is 5.40. The molecule has 1 aliphatic carbocycles. The van der Waals surface area contributed by atoms with Crippen molar-refractivity contribution in [1.29, 1.82) is 0 Å². The summed E-state index contributed by atoms with van der Waals surface area (Å²) in [6, 6.07) is 6.94. The second-order valence-corrected chi connectivity index (χ2v) is 10.3. The van der Waals surface area contributed by atoms with E-state index in [1.54, 1.807) is 6.20 Å². The molecule has 1 aliphatic rings. The van der Waals surface area contributed by atoms with Crippen LogP contribution in [0.25, 0.3) is 11.6 Å². The van der Waals surface area contributed by atoms with Gasteiger partial charge in [-0.2, -0.15) is 0 Å². The lowest BCUT2D eigenvalue weighted by atomic mass is 9.81. The van der Waals surface area contributed by atoms with E-state index in [4.69, 9.17) is 4.52 Å². The summed E-state index contributed by atoms with van der Waals surface area (Å²) in [6.07, 6.45) is 6.19. The average Bonchev–Trinajstić information content (AvgIpc) is 3.09. The van der Waals surface area contributed by atoms with Crippen molar-refractivity contribution < 1.29 is 4.52 Å². The van der Waals surface area contributed by atoms with Gasteiger partial charge in [-0.3, -0.25) is 0 Å². The van der Waals surface area contributed by atoms with Crippen molar-refractivity contribution >= 4 is 11.6 Å². The summed E-state index contributed by atoms with van der Waals surface area (Å²) >= 11 is 0. The van der Waals surface area contributed by atoms with E-state index in [0.717, 1.165) is 12.2 Å². The molecule has 2 heteroatoms. The molecule has 0 saturated carbocycles. The van der Waals surface area contributed by atoms with Crippen molar-refractivity contribution in [3.8, 4) is 0 Å². The van der Waals surface area contributed by atoms with Gasteiger partial charge in [-0.1, -0.05) is 72.7 Å². The zero-order valence-electron chi connectivity index (χ0n) is 18.3. The fourth-order valence-corrected chi connectivity index (χ4v) is 4.95. The van der Waals surface area contributed by atoms with Crippen LogP contribution in [-0.4, -0.2) is 5.16 Å². The normalized spacial score (nSPS) is 18.4. The Balaban J connectivity index is 2.24. The van der Waals surface area contributed by atoms with Gasteiger partial charge in [-0.25, -0.2) is 0 Å². The van der Waals surface area contributed by atoms with E-state index >= 15 is 0 Å². The molecule has 2 aromatic rings. The molecular weight excluding hydrogens is 330 g/mol. The van der Waals surface area contributed by atoms with Crippen LogP contribution in [0.3, 0.4) is 0 Å². The highest BCUT2D eigenvalue weighted by Crippen LogP contribution is 2.51. The molecule has 0 saturated heterocycles. The molecule has 0 bridgehead atoms. The minimum atomic E-state index is 0.207. The van der Waals surface area contributed by atoms with Crippen molar-refractivity contribution in [2.75, 3.05) is 0 Å². The lowest BCUT2D eigenvalue weighted by Gasteiger charge is -2.24. The topological polar surface area (TPSA) is 26.0 Å². The average molecular weight is 366 g/mol. The Labute approximate surface area is 165 Å². The summed E-state index contributed by atoms with van der Waals surface area (Å²) in [5.74, 6) is 1.86. The van der Waals surface area contributed by atoms with E-state index in [9.17, 15) is 0 Å². The molecule has 0 unspecified atom stereocenters. The van der Waals surface area contributed by atoms with E-state index < -0.39 is 0 Å². The van der Waals surface area contributed by atoms with Crippen LogP contribution in [0.15, 0.2) is 28.9 Å². The molecule has 146 valence electrons. The summed E-state index contributed by atoms with van der Waals surface area (Å²) in [5, 5.41) is 3.88. The predicted octanol–water partition coefficient (Wildman–Crippen LogP) is 7.03. The van der Waals surface area contributed by atoms with Gasteiger partial charge >= 0.3 is 0 Å². The fourth-order valence-electron chi connectivity index (χ4n) is 4.95. The smallest absolute Gasteiger partial charge is 0.159 e. The van der Waals surface area contributed by atoms with Gasteiger partial charge in [0.2, 0.25) is 0 Å². The minimum absolute atomic E-state index is 0.207. The number of nitrogens with zero attached hydrogens (tertiary/aromatic N) is 1. The second-order valence-electron chi connectivity index (χ2n) is 10.3. The summed E-state index contributed by atoms with van der Waals surface area (Å²) in [5.41, 5.74) is 7.68. The van der Waals surface area contributed by atoms with E-state index in [1.807, 2.05) is 6.07 Å². The van der Waals surface area contributed by atoms with Gasteiger partial charge in [0, 0.05) is 6.07 Å². The maximum Gasteiger partial charge on any atom is 0.159 e. The lowest BCUT2D eigenvalue weighted by Crippen LogP contribution is -2.18. The van der Waals surface area contributed by atoms with E-state index in [-0.39, 0.29) is 10.8 Å². The Kier molecular flexibility index (Phi) is 5.14. The van der Waals surface area contributed by atoms with Gasteiger partial charge in [0.05, 0.1) is 6.20 Å². The SMILES string of the molecule is CC(C)Cc1cc2c(cc1C(=Cc1ccno1)C(C)C)C(C)(C)CC2(C)C. The first-order valence-electron chi connectivity index (χ1n) is 10.3. The minimum Gasteiger partial charge on any atom is -0.357 e. The highest BCUT2D eigenvalue weighted by molar-refractivity contribution is 5.83. The number of hydrogen-bond donors (Lipinski definition) is 0. The monoisotopic (exact) mass is 365 g/mol. The number of benzene rings is 1. The summed E-state index contributed by atoms with van der Waals surface area (Å²) in [4.78, 5) is 0. The van der Waals surface area contributed by atoms with E-state index in [0.29, 0.717) is 11.8 Å². The van der Waals surface area contributed by atoms with Crippen molar-refractivity contribution in [2.24, 2.45) is 11.8 Å². The van der Waals surface area contributed by atoms with Crippen LogP contribution < -0.4 is 0 Å². The molecule has 0 N–H and O–H groups in total.